The van der Waals surface area contributed by atoms with Crippen molar-refractivity contribution >= 4 is 12.6 Å². The van der Waals surface area contributed by atoms with Crippen LogP contribution in [0.1, 0.15) is 12.8 Å². The molecule has 0 bridgehead atoms. The highest BCUT2D eigenvalue weighted by molar-refractivity contribution is 7.80. The molecule has 1 saturated heterocycles. The number of hydrogen-bond donors (Lipinski definition) is 2. The van der Waals surface area contributed by atoms with Crippen molar-refractivity contribution in [2.45, 2.75) is 18.5 Å². The zero-order valence-electron chi connectivity index (χ0n) is 5.36. The van der Waals surface area contributed by atoms with Gasteiger partial charge in [-0.1, -0.05) is 0 Å². The van der Waals surface area contributed by atoms with Crippen molar-refractivity contribution in [3.63, 3.8) is 0 Å². The second kappa shape index (κ2) is 2.88. The van der Waals surface area contributed by atoms with Crippen LogP contribution in [0.15, 0.2) is 0 Å². The summed E-state index contributed by atoms with van der Waals surface area (Å²) < 4.78 is 13.2. The van der Waals surface area contributed by atoms with Gasteiger partial charge in [0.2, 0.25) is 0 Å². The number of nitrogens with one attached hydrogen (secondary N) is 1. The lowest BCUT2D eigenvalue weighted by Gasteiger charge is -2.15. The van der Waals surface area contributed by atoms with Gasteiger partial charge in [-0.3, -0.25) is 0 Å². The van der Waals surface area contributed by atoms with Crippen LogP contribution in [0.2, 0.25) is 0 Å². The standard InChI is InChI=1S/C6H12FNS/c7-6(2-4-9)1-3-8-5-6/h8-9H,1-5H2. The molecule has 3 heteroatoms. The van der Waals surface area contributed by atoms with E-state index in [1.807, 2.05) is 0 Å². The number of halogens is 1. The first-order valence-electron chi connectivity index (χ1n) is 3.27. The van der Waals surface area contributed by atoms with E-state index < -0.39 is 5.67 Å². The lowest BCUT2D eigenvalue weighted by molar-refractivity contribution is 0.186. The molecule has 0 saturated carbocycles. The third-order valence-corrected chi connectivity index (χ3v) is 1.98. The number of rotatable bonds is 2. The lowest BCUT2D eigenvalue weighted by Crippen LogP contribution is -2.26. The van der Waals surface area contributed by atoms with Crippen molar-refractivity contribution in [1.29, 1.82) is 0 Å². The van der Waals surface area contributed by atoms with Gasteiger partial charge in [0.25, 0.3) is 0 Å². The molecular formula is C6H12FNS. The molecule has 0 spiro atoms. The second-order valence-electron chi connectivity index (χ2n) is 2.55. The number of hydrogen-bond acceptors (Lipinski definition) is 2. The fourth-order valence-corrected chi connectivity index (χ4v) is 1.53. The van der Waals surface area contributed by atoms with Crippen molar-refractivity contribution < 1.29 is 4.39 Å². The minimum absolute atomic E-state index is 0.521. The number of alkyl halides is 1. The van der Waals surface area contributed by atoms with Crippen molar-refractivity contribution in [3.8, 4) is 0 Å². The molecule has 54 valence electrons. The van der Waals surface area contributed by atoms with E-state index in [0.717, 1.165) is 6.54 Å². The molecule has 0 amide bonds. The van der Waals surface area contributed by atoms with Crippen LogP contribution in [0.25, 0.3) is 0 Å². The van der Waals surface area contributed by atoms with E-state index in [0.29, 0.717) is 25.1 Å². The van der Waals surface area contributed by atoms with Crippen LogP contribution in [-0.4, -0.2) is 24.5 Å². The highest BCUT2D eigenvalue weighted by Gasteiger charge is 2.32. The molecule has 0 aromatic rings. The molecule has 1 rings (SSSR count). The molecule has 1 heterocycles. The summed E-state index contributed by atoms with van der Waals surface area (Å²) >= 11 is 3.98. The molecule has 1 unspecified atom stereocenters. The minimum Gasteiger partial charge on any atom is -0.313 e. The van der Waals surface area contributed by atoms with Gasteiger partial charge in [0.1, 0.15) is 5.67 Å². The van der Waals surface area contributed by atoms with Crippen molar-refractivity contribution in [2.24, 2.45) is 0 Å². The Kier molecular flexibility index (Phi) is 2.35. The van der Waals surface area contributed by atoms with Gasteiger partial charge >= 0.3 is 0 Å². The van der Waals surface area contributed by atoms with E-state index in [9.17, 15) is 4.39 Å². The van der Waals surface area contributed by atoms with Crippen LogP contribution in [-0.2, 0) is 0 Å². The van der Waals surface area contributed by atoms with E-state index in [1.54, 1.807) is 0 Å². The van der Waals surface area contributed by atoms with Gasteiger partial charge in [0.15, 0.2) is 0 Å². The Bertz CT molecular complexity index is 91.1. The van der Waals surface area contributed by atoms with Gasteiger partial charge in [-0.05, 0) is 25.1 Å². The van der Waals surface area contributed by atoms with Gasteiger partial charge in [-0.2, -0.15) is 12.6 Å². The predicted molar refractivity (Wildman–Crippen MR) is 39.8 cm³/mol. The van der Waals surface area contributed by atoms with Crippen molar-refractivity contribution in [2.75, 3.05) is 18.8 Å². The molecule has 1 aliphatic rings. The average molecular weight is 149 g/mol. The van der Waals surface area contributed by atoms with Crippen LogP contribution < -0.4 is 5.32 Å². The zero-order valence-corrected chi connectivity index (χ0v) is 6.26. The SMILES string of the molecule is FC1(CCS)CCNC1. The Morgan fingerprint density at radius 3 is 2.89 bits per heavy atom. The fourth-order valence-electron chi connectivity index (χ4n) is 1.13. The Morgan fingerprint density at radius 2 is 2.44 bits per heavy atom. The molecule has 0 aliphatic carbocycles. The molecule has 9 heavy (non-hydrogen) atoms. The summed E-state index contributed by atoms with van der Waals surface area (Å²) in [5, 5.41) is 2.99. The molecule has 1 atom stereocenters. The molecular weight excluding hydrogens is 137 g/mol. The summed E-state index contributed by atoms with van der Waals surface area (Å²) in [5.41, 5.74) is -0.943. The maximum atomic E-state index is 13.2. The molecule has 1 fully saturated rings. The third kappa shape index (κ3) is 1.83. The zero-order chi connectivity index (χ0) is 6.74. The quantitative estimate of drug-likeness (QED) is 0.558. The van der Waals surface area contributed by atoms with Gasteiger partial charge in [0, 0.05) is 6.54 Å². The van der Waals surface area contributed by atoms with Crippen molar-refractivity contribution in [3.05, 3.63) is 0 Å². The van der Waals surface area contributed by atoms with Crippen LogP contribution in [0.5, 0.6) is 0 Å². The van der Waals surface area contributed by atoms with Crippen LogP contribution in [0, 0.1) is 0 Å². The molecule has 1 aliphatic heterocycles. The smallest absolute Gasteiger partial charge is 0.125 e. The van der Waals surface area contributed by atoms with Crippen LogP contribution >= 0.6 is 12.6 Å². The largest absolute Gasteiger partial charge is 0.313 e. The molecule has 1 nitrogen and oxygen atoms in total. The summed E-state index contributed by atoms with van der Waals surface area (Å²) in [6.07, 6.45) is 1.25. The highest BCUT2D eigenvalue weighted by Crippen LogP contribution is 2.23. The first kappa shape index (κ1) is 7.35. The highest BCUT2D eigenvalue weighted by atomic mass is 32.1. The second-order valence-corrected chi connectivity index (χ2v) is 3.00. The minimum atomic E-state index is -0.943. The predicted octanol–water partition coefficient (Wildman–Crippen LogP) is 1.01. The summed E-state index contributed by atoms with van der Waals surface area (Å²) in [5.74, 6) is 0.651. The topological polar surface area (TPSA) is 12.0 Å². The molecule has 0 radical (unpaired) electrons. The molecule has 1 N–H and O–H groups in total. The Morgan fingerprint density at radius 1 is 1.67 bits per heavy atom. The lowest BCUT2D eigenvalue weighted by atomic mass is 10.0. The molecule has 0 aromatic carbocycles. The first-order valence-corrected chi connectivity index (χ1v) is 3.91. The summed E-state index contributed by atoms with van der Waals surface area (Å²) in [6.45, 7) is 1.35. The fraction of sp³-hybridized carbons (Fsp3) is 1.00. The Hall–Kier alpha value is 0.240. The Balaban J connectivity index is 2.32. The van der Waals surface area contributed by atoms with E-state index >= 15 is 0 Å². The third-order valence-electron chi connectivity index (χ3n) is 1.75. The maximum absolute atomic E-state index is 13.2. The maximum Gasteiger partial charge on any atom is 0.125 e. The van der Waals surface area contributed by atoms with E-state index in [1.165, 1.54) is 0 Å². The first-order chi connectivity index (χ1) is 4.27. The monoisotopic (exact) mass is 149 g/mol. The molecule has 0 aromatic heterocycles. The van der Waals surface area contributed by atoms with Gasteiger partial charge in [-0.15, -0.1) is 0 Å². The van der Waals surface area contributed by atoms with E-state index in [4.69, 9.17) is 0 Å². The van der Waals surface area contributed by atoms with E-state index in [-0.39, 0.29) is 0 Å². The Labute approximate surface area is 60.4 Å². The summed E-state index contributed by atoms with van der Waals surface area (Å²) in [7, 11) is 0. The average Bonchev–Trinajstić information content (AvgIpc) is 2.16. The summed E-state index contributed by atoms with van der Waals surface area (Å²) in [4.78, 5) is 0. The van der Waals surface area contributed by atoms with Gasteiger partial charge in [-0.25, -0.2) is 4.39 Å². The van der Waals surface area contributed by atoms with Crippen LogP contribution in [0.4, 0.5) is 4.39 Å². The normalized spacial score (nSPS) is 35.3. The van der Waals surface area contributed by atoms with Gasteiger partial charge in [0.05, 0.1) is 0 Å². The van der Waals surface area contributed by atoms with Crippen LogP contribution in [0.3, 0.4) is 0 Å². The van der Waals surface area contributed by atoms with E-state index in [2.05, 4.69) is 17.9 Å². The van der Waals surface area contributed by atoms with Gasteiger partial charge < -0.3 is 5.32 Å². The van der Waals surface area contributed by atoms with Crippen molar-refractivity contribution in [1.82, 2.24) is 5.32 Å². The number of thiol groups is 1. The summed E-state index contributed by atoms with van der Waals surface area (Å²) in [6, 6.07) is 0.